The standard InChI is InChI=1S/C9H11BrN2O3/c10-6-1-2-7(8(11)3-4-13)9(5-6)12(14)15/h1-2,5,8,13H,3-4,11H2. The molecule has 0 fully saturated rings. The summed E-state index contributed by atoms with van der Waals surface area (Å²) in [7, 11) is 0. The first kappa shape index (κ1) is 12.1. The summed E-state index contributed by atoms with van der Waals surface area (Å²) < 4.78 is 0.633. The van der Waals surface area contributed by atoms with Gasteiger partial charge in [-0.25, -0.2) is 0 Å². The van der Waals surface area contributed by atoms with Crippen LogP contribution in [-0.4, -0.2) is 16.6 Å². The second-order valence-corrected chi connectivity index (χ2v) is 3.99. The Bertz CT molecular complexity index is 370. The van der Waals surface area contributed by atoms with Gasteiger partial charge in [0.2, 0.25) is 0 Å². The summed E-state index contributed by atoms with van der Waals surface area (Å²) in [6.07, 6.45) is 0.308. The zero-order chi connectivity index (χ0) is 11.4. The fourth-order valence-electron chi connectivity index (χ4n) is 1.28. The number of rotatable bonds is 4. The molecule has 1 unspecified atom stereocenters. The van der Waals surface area contributed by atoms with Crippen LogP contribution in [-0.2, 0) is 0 Å². The van der Waals surface area contributed by atoms with Gasteiger partial charge in [0.15, 0.2) is 0 Å². The maximum Gasteiger partial charge on any atom is 0.275 e. The van der Waals surface area contributed by atoms with E-state index in [0.717, 1.165) is 0 Å². The van der Waals surface area contributed by atoms with E-state index in [0.29, 0.717) is 16.5 Å². The highest BCUT2D eigenvalue weighted by atomic mass is 79.9. The molecule has 0 aliphatic rings. The highest BCUT2D eigenvalue weighted by Crippen LogP contribution is 2.28. The number of aliphatic hydroxyl groups is 1. The van der Waals surface area contributed by atoms with Gasteiger partial charge in [-0.3, -0.25) is 10.1 Å². The van der Waals surface area contributed by atoms with E-state index >= 15 is 0 Å². The minimum absolute atomic E-state index is 0.0228. The summed E-state index contributed by atoms with van der Waals surface area (Å²) in [4.78, 5) is 10.3. The van der Waals surface area contributed by atoms with Crippen molar-refractivity contribution in [3.8, 4) is 0 Å². The molecule has 0 saturated heterocycles. The van der Waals surface area contributed by atoms with Crippen LogP contribution in [0, 0.1) is 10.1 Å². The number of hydrogen-bond donors (Lipinski definition) is 2. The molecule has 3 N–H and O–H groups in total. The summed E-state index contributed by atoms with van der Waals surface area (Å²) in [6.45, 7) is -0.0889. The first-order valence-corrected chi connectivity index (χ1v) is 5.16. The SMILES string of the molecule is NC(CCO)c1ccc(Br)cc1[N+](=O)[O-]. The number of hydrogen-bond acceptors (Lipinski definition) is 4. The predicted octanol–water partition coefficient (Wildman–Crippen LogP) is 1.74. The Hall–Kier alpha value is -0.980. The van der Waals surface area contributed by atoms with Gasteiger partial charge in [0, 0.05) is 28.8 Å². The molecule has 6 heteroatoms. The number of aliphatic hydroxyl groups excluding tert-OH is 1. The van der Waals surface area contributed by atoms with Crippen LogP contribution in [0.25, 0.3) is 0 Å². The minimum Gasteiger partial charge on any atom is -0.396 e. The third kappa shape index (κ3) is 2.98. The first-order valence-electron chi connectivity index (χ1n) is 4.36. The Labute approximate surface area is 95.2 Å². The molecule has 5 nitrogen and oxygen atoms in total. The fourth-order valence-corrected chi connectivity index (χ4v) is 1.63. The van der Waals surface area contributed by atoms with Gasteiger partial charge in [-0.1, -0.05) is 15.9 Å². The zero-order valence-corrected chi connectivity index (χ0v) is 9.48. The van der Waals surface area contributed by atoms with Crippen LogP contribution >= 0.6 is 15.9 Å². The lowest BCUT2D eigenvalue weighted by Crippen LogP contribution is -2.13. The van der Waals surface area contributed by atoms with E-state index < -0.39 is 11.0 Å². The van der Waals surface area contributed by atoms with Crippen LogP contribution in [0.5, 0.6) is 0 Å². The Morgan fingerprint density at radius 3 is 2.80 bits per heavy atom. The van der Waals surface area contributed by atoms with Crippen molar-refractivity contribution in [3.63, 3.8) is 0 Å². The quantitative estimate of drug-likeness (QED) is 0.647. The fraction of sp³-hybridized carbons (Fsp3) is 0.333. The number of benzene rings is 1. The topological polar surface area (TPSA) is 89.4 Å². The second-order valence-electron chi connectivity index (χ2n) is 3.08. The molecule has 0 aromatic heterocycles. The van der Waals surface area contributed by atoms with E-state index in [-0.39, 0.29) is 12.3 Å². The lowest BCUT2D eigenvalue weighted by atomic mass is 10.0. The van der Waals surface area contributed by atoms with E-state index in [4.69, 9.17) is 10.8 Å². The number of halogens is 1. The Balaban J connectivity index is 3.10. The van der Waals surface area contributed by atoms with Gasteiger partial charge in [0.25, 0.3) is 5.69 Å². The van der Waals surface area contributed by atoms with Crippen molar-refractivity contribution in [1.82, 2.24) is 0 Å². The molecular formula is C9H11BrN2O3. The highest BCUT2D eigenvalue weighted by Gasteiger charge is 2.19. The minimum atomic E-state index is -0.511. The van der Waals surface area contributed by atoms with Gasteiger partial charge in [-0.2, -0.15) is 0 Å². The van der Waals surface area contributed by atoms with E-state index in [9.17, 15) is 10.1 Å². The molecule has 82 valence electrons. The number of nitro groups is 1. The molecule has 1 aromatic carbocycles. The average Bonchev–Trinajstić information content (AvgIpc) is 2.17. The van der Waals surface area contributed by atoms with E-state index in [1.807, 2.05) is 0 Å². The smallest absolute Gasteiger partial charge is 0.275 e. The van der Waals surface area contributed by atoms with Gasteiger partial charge in [0.1, 0.15) is 0 Å². The van der Waals surface area contributed by atoms with Crippen molar-refractivity contribution < 1.29 is 10.0 Å². The second kappa shape index (κ2) is 5.20. The molecule has 0 aliphatic carbocycles. The Kier molecular flexibility index (Phi) is 4.19. The molecule has 1 atom stereocenters. The van der Waals surface area contributed by atoms with Crippen molar-refractivity contribution in [2.45, 2.75) is 12.5 Å². The summed E-state index contributed by atoms with van der Waals surface area (Å²) in [6, 6.07) is 4.19. The Morgan fingerprint density at radius 2 is 2.27 bits per heavy atom. The molecule has 0 amide bonds. The normalized spacial score (nSPS) is 12.5. The molecule has 0 spiro atoms. The molecule has 0 heterocycles. The third-order valence-corrected chi connectivity index (χ3v) is 2.52. The molecule has 0 aliphatic heterocycles. The summed E-state index contributed by atoms with van der Waals surface area (Å²) in [5.41, 5.74) is 6.13. The summed E-state index contributed by atoms with van der Waals surface area (Å²) in [5.74, 6) is 0. The molecular weight excluding hydrogens is 264 g/mol. The third-order valence-electron chi connectivity index (χ3n) is 2.03. The van der Waals surface area contributed by atoms with E-state index in [1.54, 1.807) is 12.1 Å². The van der Waals surface area contributed by atoms with Crippen molar-refractivity contribution in [2.75, 3.05) is 6.61 Å². The van der Waals surface area contributed by atoms with Crippen LogP contribution in [0.4, 0.5) is 5.69 Å². The monoisotopic (exact) mass is 274 g/mol. The predicted molar refractivity (Wildman–Crippen MR) is 59.4 cm³/mol. The van der Waals surface area contributed by atoms with Crippen LogP contribution in [0.15, 0.2) is 22.7 Å². The molecule has 15 heavy (non-hydrogen) atoms. The van der Waals surface area contributed by atoms with Crippen molar-refractivity contribution in [1.29, 1.82) is 0 Å². The summed E-state index contributed by atoms with van der Waals surface area (Å²) in [5, 5.41) is 19.5. The van der Waals surface area contributed by atoms with Gasteiger partial charge in [-0.15, -0.1) is 0 Å². The molecule has 0 saturated carbocycles. The van der Waals surface area contributed by atoms with E-state index in [2.05, 4.69) is 15.9 Å². The van der Waals surface area contributed by atoms with Crippen LogP contribution in [0.2, 0.25) is 0 Å². The van der Waals surface area contributed by atoms with Crippen LogP contribution in [0.1, 0.15) is 18.0 Å². The van der Waals surface area contributed by atoms with Crippen molar-refractivity contribution in [2.24, 2.45) is 5.73 Å². The lowest BCUT2D eigenvalue weighted by Gasteiger charge is -2.10. The molecule has 1 rings (SSSR count). The largest absolute Gasteiger partial charge is 0.396 e. The zero-order valence-electron chi connectivity index (χ0n) is 7.89. The lowest BCUT2D eigenvalue weighted by molar-refractivity contribution is -0.385. The van der Waals surface area contributed by atoms with Gasteiger partial charge >= 0.3 is 0 Å². The number of nitrogens with zero attached hydrogens (tertiary/aromatic N) is 1. The average molecular weight is 275 g/mol. The molecule has 1 aromatic rings. The van der Waals surface area contributed by atoms with Gasteiger partial charge in [-0.05, 0) is 18.6 Å². The molecule has 0 radical (unpaired) electrons. The Morgan fingerprint density at radius 1 is 1.60 bits per heavy atom. The van der Waals surface area contributed by atoms with Gasteiger partial charge in [0.05, 0.1) is 4.92 Å². The van der Waals surface area contributed by atoms with E-state index in [1.165, 1.54) is 6.07 Å². The van der Waals surface area contributed by atoms with Crippen molar-refractivity contribution >= 4 is 21.6 Å². The van der Waals surface area contributed by atoms with Gasteiger partial charge < -0.3 is 10.8 Å². The number of nitro benzene ring substituents is 1. The molecule has 0 bridgehead atoms. The van der Waals surface area contributed by atoms with Crippen LogP contribution < -0.4 is 5.73 Å². The number of nitrogens with two attached hydrogens (primary N) is 1. The maximum atomic E-state index is 10.7. The van der Waals surface area contributed by atoms with Crippen LogP contribution in [0.3, 0.4) is 0 Å². The summed E-state index contributed by atoms with van der Waals surface area (Å²) >= 11 is 3.16. The highest BCUT2D eigenvalue weighted by molar-refractivity contribution is 9.10. The van der Waals surface area contributed by atoms with Crippen molar-refractivity contribution in [3.05, 3.63) is 38.3 Å². The maximum absolute atomic E-state index is 10.7. The first-order chi connectivity index (χ1) is 7.06.